The molecule has 2 nitrogen and oxygen atoms in total. The van der Waals surface area contributed by atoms with Crippen LogP contribution in [0.5, 0.6) is 0 Å². The minimum absolute atomic E-state index is 0.391. The molecule has 17 heavy (non-hydrogen) atoms. The molecule has 1 atom stereocenters. The van der Waals surface area contributed by atoms with Crippen molar-refractivity contribution in [1.29, 1.82) is 5.26 Å². The average molecular weight is 313 g/mol. The first-order valence-corrected chi connectivity index (χ1v) is 7.36. The van der Waals surface area contributed by atoms with Gasteiger partial charge in [0, 0.05) is 9.37 Å². The van der Waals surface area contributed by atoms with E-state index in [1.807, 2.05) is 37.9 Å². The van der Waals surface area contributed by atoms with Gasteiger partial charge in [-0.3, -0.25) is 0 Å². The van der Waals surface area contributed by atoms with Crippen molar-refractivity contribution in [3.63, 3.8) is 0 Å². The molecule has 1 rings (SSSR count). The van der Waals surface area contributed by atoms with E-state index in [4.69, 9.17) is 5.26 Å². The molecule has 0 aliphatic rings. The molecule has 0 aliphatic heterocycles. The van der Waals surface area contributed by atoms with Crippen LogP contribution in [0.2, 0.25) is 0 Å². The lowest BCUT2D eigenvalue weighted by atomic mass is 9.99. The number of hydrogen-bond acceptors (Lipinski definition) is 3. The van der Waals surface area contributed by atoms with Crippen LogP contribution in [-0.4, -0.2) is 18.3 Å². The second-order valence-corrected chi connectivity index (χ2v) is 6.19. The van der Waals surface area contributed by atoms with E-state index in [0.29, 0.717) is 0 Å². The monoisotopic (exact) mass is 312 g/mol. The summed E-state index contributed by atoms with van der Waals surface area (Å²) in [5.41, 5.74) is -0.391. The van der Waals surface area contributed by atoms with E-state index in [0.717, 1.165) is 23.1 Å². The van der Waals surface area contributed by atoms with E-state index in [1.54, 1.807) is 0 Å². The van der Waals surface area contributed by atoms with Gasteiger partial charge in [0.25, 0.3) is 0 Å². The fourth-order valence-electron chi connectivity index (χ4n) is 1.41. The molecule has 1 aromatic rings. The molecule has 4 heteroatoms. The smallest absolute Gasteiger partial charge is 0.103 e. The SMILES string of the molecule is CNC(C)(C#N)CCCSc1cccc(Br)c1. The minimum Gasteiger partial charge on any atom is -0.303 e. The van der Waals surface area contributed by atoms with Gasteiger partial charge in [-0.1, -0.05) is 22.0 Å². The number of thioether (sulfide) groups is 1. The van der Waals surface area contributed by atoms with E-state index in [1.165, 1.54) is 4.90 Å². The second-order valence-electron chi connectivity index (χ2n) is 4.10. The third-order valence-corrected chi connectivity index (χ3v) is 4.26. The summed E-state index contributed by atoms with van der Waals surface area (Å²) in [6.07, 6.45) is 1.91. The van der Waals surface area contributed by atoms with Crippen LogP contribution in [0.25, 0.3) is 0 Å². The maximum atomic E-state index is 9.01. The number of nitriles is 1. The number of nitrogens with zero attached hydrogens (tertiary/aromatic N) is 1. The van der Waals surface area contributed by atoms with Gasteiger partial charge in [0.1, 0.15) is 5.54 Å². The quantitative estimate of drug-likeness (QED) is 0.640. The van der Waals surface area contributed by atoms with Gasteiger partial charge < -0.3 is 5.32 Å². The highest BCUT2D eigenvalue weighted by atomic mass is 79.9. The molecule has 92 valence electrons. The van der Waals surface area contributed by atoms with Crippen molar-refractivity contribution in [2.24, 2.45) is 0 Å². The van der Waals surface area contributed by atoms with Crippen molar-refractivity contribution >= 4 is 27.7 Å². The van der Waals surface area contributed by atoms with Crippen LogP contribution in [0.15, 0.2) is 33.6 Å². The van der Waals surface area contributed by atoms with Crippen molar-refractivity contribution < 1.29 is 0 Å². The summed E-state index contributed by atoms with van der Waals surface area (Å²) < 4.78 is 1.11. The molecular weight excluding hydrogens is 296 g/mol. The summed E-state index contributed by atoms with van der Waals surface area (Å²) in [7, 11) is 1.84. The predicted octanol–water partition coefficient (Wildman–Crippen LogP) is 3.82. The van der Waals surface area contributed by atoms with Crippen LogP contribution in [0.4, 0.5) is 0 Å². The highest BCUT2D eigenvalue weighted by Gasteiger charge is 2.19. The highest BCUT2D eigenvalue weighted by Crippen LogP contribution is 2.23. The molecule has 0 radical (unpaired) electrons. The Bertz CT molecular complexity index is 403. The summed E-state index contributed by atoms with van der Waals surface area (Å²) >= 11 is 5.29. The predicted molar refractivity (Wildman–Crippen MR) is 77.2 cm³/mol. The van der Waals surface area contributed by atoms with Crippen molar-refractivity contribution in [1.82, 2.24) is 5.32 Å². The lowest BCUT2D eigenvalue weighted by Crippen LogP contribution is -2.37. The van der Waals surface area contributed by atoms with Crippen LogP contribution in [-0.2, 0) is 0 Å². The van der Waals surface area contributed by atoms with Gasteiger partial charge in [0.15, 0.2) is 0 Å². The Morgan fingerprint density at radius 3 is 2.88 bits per heavy atom. The average Bonchev–Trinajstić information content (AvgIpc) is 2.34. The molecule has 0 aromatic heterocycles. The van der Waals surface area contributed by atoms with Crippen LogP contribution < -0.4 is 5.32 Å². The lowest BCUT2D eigenvalue weighted by molar-refractivity contribution is 0.451. The molecule has 1 N–H and O–H groups in total. The Balaban J connectivity index is 2.32. The summed E-state index contributed by atoms with van der Waals surface area (Å²) in [4.78, 5) is 1.27. The minimum atomic E-state index is -0.391. The Labute approximate surface area is 116 Å². The molecule has 0 bridgehead atoms. The van der Waals surface area contributed by atoms with Crippen molar-refractivity contribution in [3.05, 3.63) is 28.7 Å². The van der Waals surface area contributed by atoms with Gasteiger partial charge in [0.2, 0.25) is 0 Å². The third kappa shape index (κ3) is 5.12. The van der Waals surface area contributed by atoms with Crippen molar-refractivity contribution in [2.45, 2.75) is 30.2 Å². The molecule has 0 amide bonds. The molecule has 0 heterocycles. The van der Waals surface area contributed by atoms with E-state index < -0.39 is 5.54 Å². The molecule has 0 spiro atoms. The fraction of sp³-hybridized carbons (Fsp3) is 0.462. The van der Waals surface area contributed by atoms with E-state index in [9.17, 15) is 0 Å². The number of nitrogens with one attached hydrogen (secondary N) is 1. The molecule has 0 saturated carbocycles. The van der Waals surface area contributed by atoms with Gasteiger partial charge in [-0.05, 0) is 50.8 Å². The van der Waals surface area contributed by atoms with Gasteiger partial charge in [-0.15, -0.1) is 11.8 Å². The van der Waals surface area contributed by atoms with Gasteiger partial charge in [-0.2, -0.15) is 5.26 Å². The largest absolute Gasteiger partial charge is 0.303 e. The van der Waals surface area contributed by atoms with E-state index in [-0.39, 0.29) is 0 Å². The summed E-state index contributed by atoms with van der Waals surface area (Å²) in [6, 6.07) is 10.6. The van der Waals surface area contributed by atoms with Gasteiger partial charge in [-0.25, -0.2) is 0 Å². The topological polar surface area (TPSA) is 35.8 Å². The molecule has 1 unspecified atom stereocenters. The number of benzene rings is 1. The Morgan fingerprint density at radius 1 is 1.53 bits per heavy atom. The Morgan fingerprint density at radius 2 is 2.29 bits per heavy atom. The maximum Gasteiger partial charge on any atom is 0.103 e. The Kier molecular flexibility index (Phi) is 6.04. The maximum absolute atomic E-state index is 9.01. The van der Waals surface area contributed by atoms with Gasteiger partial charge >= 0.3 is 0 Å². The summed E-state index contributed by atoms with van der Waals surface area (Å²) in [5, 5.41) is 12.1. The molecule has 0 aliphatic carbocycles. The van der Waals surface area contributed by atoms with Crippen LogP contribution >= 0.6 is 27.7 Å². The summed E-state index contributed by atoms with van der Waals surface area (Å²) in [6.45, 7) is 1.94. The number of rotatable bonds is 6. The second kappa shape index (κ2) is 7.05. The van der Waals surface area contributed by atoms with Crippen LogP contribution in [0, 0.1) is 11.3 Å². The first-order valence-electron chi connectivity index (χ1n) is 5.58. The van der Waals surface area contributed by atoms with Crippen molar-refractivity contribution in [2.75, 3.05) is 12.8 Å². The van der Waals surface area contributed by atoms with Crippen LogP contribution in [0.1, 0.15) is 19.8 Å². The first-order chi connectivity index (χ1) is 8.09. The fourth-order valence-corrected chi connectivity index (χ4v) is 2.87. The van der Waals surface area contributed by atoms with E-state index in [2.05, 4.69) is 39.4 Å². The number of hydrogen-bond donors (Lipinski definition) is 1. The van der Waals surface area contributed by atoms with E-state index >= 15 is 0 Å². The molecule has 0 saturated heterocycles. The standard InChI is InChI=1S/C13H17BrN2S/c1-13(10-15,16-2)7-4-8-17-12-6-3-5-11(14)9-12/h3,5-6,9,16H,4,7-8H2,1-2H3. The van der Waals surface area contributed by atoms with Gasteiger partial charge in [0.05, 0.1) is 6.07 Å². The molecular formula is C13H17BrN2S. The lowest BCUT2D eigenvalue weighted by Gasteiger charge is -2.20. The highest BCUT2D eigenvalue weighted by molar-refractivity contribution is 9.10. The molecule has 0 fully saturated rings. The third-order valence-electron chi connectivity index (χ3n) is 2.68. The first kappa shape index (κ1) is 14.6. The summed E-state index contributed by atoms with van der Waals surface area (Å²) in [5.74, 6) is 1.04. The Hall–Kier alpha value is -0.500. The molecule has 1 aromatic carbocycles. The zero-order valence-electron chi connectivity index (χ0n) is 10.2. The normalized spacial score (nSPS) is 14.0. The van der Waals surface area contributed by atoms with Crippen molar-refractivity contribution in [3.8, 4) is 6.07 Å². The van der Waals surface area contributed by atoms with Crippen LogP contribution in [0.3, 0.4) is 0 Å². The zero-order chi connectivity index (χ0) is 12.7. The zero-order valence-corrected chi connectivity index (χ0v) is 12.6. The number of halogens is 1.